The first kappa shape index (κ1) is 14.6. The second-order valence-electron chi connectivity index (χ2n) is 6.95. The minimum Gasteiger partial charge on any atom is -0.460 e. The van der Waals surface area contributed by atoms with E-state index in [0.717, 1.165) is 18.3 Å². The summed E-state index contributed by atoms with van der Waals surface area (Å²) in [6.07, 6.45) is 7.97. The number of hydrogen-bond acceptors (Lipinski definition) is 3. The van der Waals surface area contributed by atoms with Gasteiger partial charge in [0.1, 0.15) is 5.60 Å². The molecule has 0 aromatic rings. The van der Waals surface area contributed by atoms with Crippen molar-refractivity contribution in [2.45, 2.75) is 52.6 Å². The van der Waals surface area contributed by atoms with Crippen LogP contribution in [0.1, 0.15) is 47.0 Å². The zero-order valence-corrected chi connectivity index (χ0v) is 12.6. The Morgan fingerprint density at radius 3 is 2.68 bits per heavy atom. The van der Waals surface area contributed by atoms with Crippen molar-refractivity contribution in [3.8, 4) is 0 Å². The van der Waals surface area contributed by atoms with Gasteiger partial charge in [0.05, 0.1) is 0 Å². The molecule has 0 radical (unpaired) electrons. The molecule has 0 aromatic heterocycles. The molecule has 4 atom stereocenters. The van der Waals surface area contributed by atoms with Gasteiger partial charge in [0.2, 0.25) is 0 Å². The Morgan fingerprint density at radius 1 is 1.47 bits per heavy atom. The van der Waals surface area contributed by atoms with Crippen LogP contribution in [0.25, 0.3) is 0 Å². The second kappa shape index (κ2) is 4.93. The van der Waals surface area contributed by atoms with E-state index in [-0.39, 0.29) is 11.4 Å². The molecule has 2 aliphatic rings. The Balaban J connectivity index is 2.06. The highest BCUT2D eigenvalue weighted by molar-refractivity contribution is 5.66. The molecule has 0 bridgehead atoms. The highest BCUT2D eigenvalue weighted by Crippen LogP contribution is 2.61. The van der Waals surface area contributed by atoms with Crippen LogP contribution in [0, 0.1) is 23.2 Å². The monoisotopic (exact) mass is 265 g/mol. The number of rotatable bonds is 5. The zero-order chi connectivity index (χ0) is 14.3. The number of carbonyl (C=O) groups is 1. The normalized spacial score (nSPS) is 36.8. The lowest BCUT2D eigenvalue weighted by atomic mass is 9.50. The molecule has 19 heavy (non-hydrogen) atoms. The smallest absolute Gasteiger partial charge is 0.303 e. The van der Waals surface area contributed by atoms with E-state index in [1.165, 1.54) is 19.8 Å². The van der Waals surface area contributed by atoms with Crippen LogP contribution < -0.4 is 5.73 Å². The van der Waals surface area contributed by atoms with Gasteiger partial charge in [-0.1, -0.05) is 19.1 Å². The first-order valence-corrected chi connectivity index (χ1v) is 7.41. The third kappa shape index (κ3) is 2.58. The summed E-state index contributed by atoms with van der Waals surface area (Å²) in [6.45, 7) is 8.40. The largest absolute Gasteiger partial charge is 0.460 e. The zero-order valence-electron chi connectivity index (χ0n) is 12.6. The van der Waals surface area contributed by atoms with E-state index in [4.69, 9.17) is 10.5 Å². The molecule has 2 rings (SSSR count). The van der Waals surface area contributed by atoms with E-state index in [9.17, 15) is 4.79 Å². The Bertz CT molecular complexity index is 388. The van der Waals surface area contributed by atoms with Gasteiger partial charge in [-0.2, -0.15) is 0 Å². The highest BCUT2D eigenvalue weighted by Gasteiger charge is 2.57. The summed E-state index contributed by atoms with van der Waals surface area (Å²) in [7, 11) is 0. The fraction of sp³-hybridized carbons (Fsp3) is 0.812. The third-order valence-corrected chi connectivity index (χ3v) is 5.00. The van der Waals surface area contributed by atoms with Crippen LogP contribution in [-0.2, 0) is 9.53 Å². The van der Waals surface area contributed by atoms with Crippen molar-refractivity contribution in [1.82, 2.24) is 0 Å². The van der Waals surface area contributed by atoms with E-state index < -0.39 is 5.60 Å². The predicted molar refractivity (Wildman–Crippen MR) is 76.5 cm³/mol. The molecule has 0 heterocycles. The van der Waals surface area contributed by atoms with Crippen LogP contribution >= 0.6 is 0 Å². The highest BCUT2D eigenvalue weighted by atomic mass is 16.6. The van der Waals surface area contributed by atoms with Crippen molar-refractivity contribution in [3.05, 3.63) is 12.2 Å². The molecule has 2 N–H and O–H groups in total. The SMILES string of the molecule is CCC1C=C[C@@H]2[C@H]1C[C@]2(CN)CC(C)(C)OC(C)=O. The molecular formula is C16H27NO2. The van der Waals surface area contributed by atoms with Crippen LogP contribution in [0.5, 0.6) is 0 Å². The van der Waals surface area contributed by atoms with Gasteiger partial charge in [-0.15, -0.1) is 0 Å². The molecule has 3 heteroatoms. The molecule has 1 unspecified atom stereocenters. The maximum atomic E-state index is 11.2. The first-order valence-electron chi connectivity index (χ1n) is 7.41. The van der Waals surface area contributed by atoms with Gasteiger partial charge in [0.25, 0.3) is 0 Å². The number of esters is 1. The van der Waals surface area contributed by atoms with Crippen molar-refractivity contribution >= 4 is 5.97 Å². The fourth-order valence-corrected chi connectivity index (χ4v) is 4.39. The van der Waals surface area contributed by atoms with Gasteiger partial charge in [0, 0.05) is 6.92 Å². The molecule has 0 amide bonds. The molecule has 3 nitrogen and oxygen atoms in total. The molecule has 0 aliphatic heterocycles. The summed E-state index contributed by atoms with van der Waals surface area (Å²) in [5.74, 6) is 1.86. The number of fused-ring (bicyclic) bond motifs is 1. The van der Waals surface area contributed by atoms with E-state index in [1.807, 2.05) is 13.8 Å². The maximum Gasteiger partial charge on any atom is 0.303 e. The lowest BCUT2D eigenvalue weighted by molar-refractivity contribution is -0.162. The van der Waals surface area contributed by atoms with Gasteiger partial charge >= 0.3 is 5.97 Å². The molecule has 2 aliphatic carbocycles. The van der Waals surface area contributed by atoms with Gasteiger partial charge in [-0.25, -0.2) is 0 Å². The van der Waals surface area contributed by atoms with Gasteiger partial charge in [-0.05, 0) is 62.8 Å². The summed E-state index contributed by atoms with van der Waals surface area (Å²) in [4.78, 5) is 11.2. The summed E-state index contributed by atoms with van der Waals surface area (Å²) in [6, 6.07) is 0. The number of nitrogens with two attached hydrogens (primary N) is 1. The molecule has 1 fully saturated rings. The van der Waals surface area contributed by atoms with Crippen molar-refractivity contribution in [2.24, 2.45) is 28.9 Å². The Labute approximate surface area is 116 Å². The average Bonchev–Trinajstić information content (AvgIpc) is 2.62. The van der Waals surface area contributed by atoms with Crippen LogP contribution in [0.3, 0.4) is 0 Å². The Morgan fingerprint density at radius 2 is 2.16 bits per heavy atom. The number of hydrogen-bond donors (Lipinski definition) is 1. The summed E-state index contributed by atoms with van der Waals surface area (Å²) >= 11 is 0. The molecule has 108 valence electrons. The quantitative estimate of drug-likeness (QED) is 0.614. The number of allylic oxidation sites excluding steroid dienone is 2. The number of carbonyl (C=O) groups excluding carboxylic acids is 1. The van der Waals surface area contributed by atoms with Crippen molar-refractivity contribution in [2.75, 3.05) is 6.54 Å². The third-order valence-electron chi connectivity index (χ3n) is 5.00. The minimum atomic E-state index is -0.422. The van der Waals surface area contributed by atoms with Gasteiger partial charge < -0.3 is 10.5 Å². The second-order valence-corrected chi connectivity index (χ2v) is 6.95. The Hall–Kier alpha value is -0.830. The van der Waals surface area contributed by atoms with Gasteiger partial charge in [-0.3, -0.25) is 4.79 Å². The molecule has 0 saturated heterocycles. The predicted octanol–water partition coefficient (Wildman–Crippen LogP) is 2.90. The lowest BCUT2D eigenvalue weighted by Crippen LogP contribution is -2.55. The van der Waals surface area contributed by atoms with Crippen LogP contribution in [0.15, 0.2) is 12.2 Å². The first-order chi connectivity index (χ1) is 8.83. The van der Waals surface area contributed by atoms with E-state index in [1.54, 1.807) is 0 Å². The summed E-state index contributed by atoms with van der Waals surface area (Å²) < 4.78 is 5.45. The van der Waals surface area contributed by atoms with Crippen molar-refractivity contribution in [3.63, 3.8) is 0 Å². The summed E-state index contributed by atoms with van der Waals surface area (Å²) in [5.41, 5.74) is 5.78. The summed E-state index contributed by atoms with van der Waals surface area (Å²) in [5, 5.41) is 0. The maximum absolute atomic E-state index is 11.2. The lowest BCUT2D eigenvalue weighted by Gasteiger charge is -2.56. The van der Waals surface area contributed by atoms with Crippen LogP contribution in [0.2, 0.25) is 0 Å². The van der Waals surface area contributed by atoms with Crippen LogP contribution in [0.4, 0.5) is 0 Å². The van der Waals surface area contributed by atoms with Gasteiger partial charge in [0.15, 0.2) is 0 Å². The number of ether oxygens (including phenoxy) is 1. The van der Waals surface area contributed by atoms with Crippen molar-refractivity contribution in [1.29, 1.82) is 0 Å². The Kier molecular flexibility index (Phi) is 3.78. The van der Waals surface area contributed by atoms with Crippen LogP contribution in [-0.4, -0.2) is 18.1 Å². The molecular weight excluding hydrogens is 238 g/mol. The molecule has 0 spiro atoms. The molecule has 0 aromatic carbocycles. The van der Waals surface area contributed by atoms with E-state index >= 15 is 0 Å². The average molecular weight is 265 g/mol. The van der Waals surface area contributed by atoms with E-state index in [0.29, 0.717) is 12.5 Å². The topological polar surface area (TPSA) is 52.3 Å². The van der Waals surface area contributed by atoms with E-state index in [2.05, 4.69) is 19.1 Å². The fourth-order valence-electron chi connectivity index (χ4n) is 4.39. The molecule has 1 saturated carbocycles. The standard InChI is InChI=1S/C16H27NO2/c1-5-12-6-7-14-13(12)8-16(14,10-17)9-15(3,4)19-11(2)18/h6-7,12-14H,5,8-10,17H2,1-4H3/t12?,13-,14+,16+/m0/s1. The van der Waals surface area contributed by atoms with Crippen molar-refractivity contribution < 1.29 is 9.53 Å². The minimum absolute atomic E-state index is 0.129.